The lowest BCUT2D eigenvalue weighted by Gasteiger charge is -2.33. The van der Waals surface area contributed by atoms with Gasteiger partial charge in [-0.3, -0.25) is 9.97 Å². The summed E-state index contributed by atoms with van der Waals surface area (Å²) in [7, 11) is 0. The number of pyridine rings is 2. The molecule has 0 bridgehead atoms. The summed E-state index contributed by atoms with van der Waals surface area (Å²) < 4.78 is 7.81. The fraction of sp³-hybridized carbons (Fsp3) is 0.312. The summed E-state index contributed by atoms with van der Waals surface area (Å²) in [6, 6.07) is 23.1. The average molecular weight is 721 g/mol. The Morgan fingerprint density at radius 1 is 0.878 bits per heavy atom. The third-order valence-corrected chi connectivity index (χ3v) is 10.2. The van der Waals surface area contributed by atoms with E-state index in [0.29, 0.717) is 17.1 Å². The largest absolute Gasteiger partial charge is 0.490 e. The minimum atomic E-state index is -1.24. The first-order chi connectivity index (χ1) is 19.6. The molecule has 2 N–H and O–H groups in total. The SMILES string of the molecule is CC(C)C(O)(CSc1ccc(Br)cc1)c1cccnc1.OC(COc1ccc(Br)cc1)(c1cccnc1)C1(Cl)CC1. The molecule has 216 valence electrons. The van der Waals surface area contributed by atoms with E-state index < -0.39 is 16.1 Å². The Morgan fingerprint density at radius 3 is 1.90 bits per heavy atom. The number of aromatic nitrogens is 2. The van der Waals surface area contributed by atoms with Crippen molar-refractivity contribution in [3.8, 4) is 5.75 Å². The monoisotopic (exact) mass is 718 g/mol. The van der Waals surface area contributed by atoms with Crippen LogP contribution in [0.5, 0.6) is 5.75 Å². The zero-order valence-electron chi connectivity index (χ0n) is 22.9. The number of alkyl halides is 1. The van der Waals surface area contributed by atoms with Crippen LogP contribution in [0.3, 0.4) is 0 Å². The maximum Gasteiger partial charge on any atom is 0.144 e. The maximum atomic E-state index is 11.1. The van der Waals surface area contributed by atoms with E-state index in [1.807, 2.05) is 68.4 Å². The second kappa shape index (κ2) is 14.0. The van der Waals surface area contributed by atoms with Gasteiger partial charge in [-0.25, -0.2) is 0 Å². The van der Waals surface area contributed by atoms with Gasteiger partial charge in [0, 0.05) is 55.5 Å². The van der Waals surface area contributed by atoms with Crippen LogP contribution in [0.4, 0.5) is 0 Å². The normalized spacial score (nSPS) is 16.6. The minimum Gasteiger partial charge on any atom is -0.490 e. The number of hydrogen-bond donors (Lipinski definition) is 2. The summed E-state index contributed by atoms with van der Waals surface area (Å²) in [6.07, 6.45) is 8.34. The molecule has 4 aromatic rings. The molecule has 0 aliphatic heterocycles. The highest BCUT2D eigenvalue weighted by molar-refractivity contribution is 9.10. The summed E-state index contributed by atoms with van der Waals surface area (Å²) >= 11 is 15.0. The maximum absolute atomic E-state index is 11.1. The number of aliphatic hydroxyl groups is 2. The van der Waals surface area contributed by atoms with E-state index in [9.17, 15) is 10.2 Å². The molecule has 0 amide bonds. The molecule has 2 atom stereocenters. The van der Waals surface area contributed by atoms with Gasteiger partial charge in [-0.15, -0.1) is 23.4 Å². The lowest BCUT2D eigenvalue weighted by molar-refractivity contribution is -0.0205. The summed E-state index contributed by atoms with van der Waals surface area (Å²) in [5.74, 6) is 1.42. The molecule has 2 aromatic carbocycles. The number of nitrogens with zero attached hydrogens (tertiary/aromatic N) is 2. The van der Waals surface area contributed by atoms with Crippen LogP contribution >= 0.6 is 55.2 Å². The second-order valence-electron chi connectivity index (χ2n) is 10.4. The van der Waals surface area contributed by atoms with Crippen LogP contribution in [0.25, 0.3) is 0 Å². The Balaban J connectivity index is 0.000000189. The number of thioether (sulfide) groups is 1. The van der Waals surface area contributed by atoms with Crippen molar-refractivity contribution in [2.75, 3.05) is 12.4 Å². The third kappa shape index (κ3) is 8.12. The molecule has 2 heterocycles. The second-order valence-corrected chi connectivity index (χ2v) is 14.0. The van der Waals surface area contributed by atoms with Gasteiger partial charge in [0.25, 0.3) is 0 Å². The molecule has 5 nitrogen and oxygen atoms in total. The number of ether oxygens (including phenoxy) is 1. The van der Waals surface area contributed by atoms with E-state index in [1.54, 1.807) is 42.6 Å². The zero-order chi connectivity index (χ0) is 29.5. The third-order valence-electron chi connectivity index (χ3n) is 7.22. The van der Waals surface area contributed by atoms with Crippen molar-refractivity contribution in [2.24, 2.45) is 5.92 Å². The molecule has 1 aliphatic carbocycles. The van der Waals surface area contributed by atoms with Gasteiger partial charge in [-0.2, -0.15) is 0 Å². The molecule has 1 aliphatic rings. The standard InChI is InChI=1S/C16H15BrClNO2.C16H18BrNOS/c17-13-3-5-14(6-4-13)21-11-16(20,15(18)7-8-15)12-2-1-9-19-10-12;1-12(2)16(19,13-4-3-9-18-10-13)11-20-15-7-5-14(17)6-8-15/h1-6,9-10,20H,7-8,11H2;3-10,12,19H,11H2,1-2H3. The smallest absolute Gasteiger partial charge is 0.144 e. The van der Waals surface area contributed by atoms with Crippen molar-refractivity contribution in [3.63, 3.8) is 0 Å². The van der Waals surface area contributed by atoms with Crippen molar-refractivity contribution >= 4 is 55.2 Å². The van der Waals surface area contributed by atoms with Gasteiger partial charge in [-0.1, -0.05) is 57.8 Å². The summed E-state index contributed by atoms with van der Waals surface area (Å²) in [6.45, 7) is 4.17. The molecule has 0 spiro atoms. The first-order valence-electron chi connectivity index (χ1n) is 13.3. The first kappa shape index (κ1) is 32.0. The molecule has 2 unspecified atom stereocenters. The molecule has 9 heteroatoms. The van der Waals surface area contributed by atoms with Crippen molar-refractivity contribution < 1.29 is 14.9 Å². The lowest BCUT2D eigenvalue weighted by Crippen LogP contribution is -2.43. The Morgan fingerprint density at radius 2 is 1.41 bits per heavy atom. The Labute approximate surface area is 268 Å². The van der Waals surface area contributed by atoms with Crippen LogP contribution in [-0.2, 0) is 11.2 Å². The molecule has 0 radical (unpaired) electrons. The van der Waals surface area contributed by atoms with Gasteiger partial charge in [0.05, 0.1) is 4.87 Å². The minimum absolute atomic E-state index is 0.101. The van der Waals surface area contributed by atoms with Crippen molar-refractivity contribution in [1.29, 1.82) is 0 Å². The highest BCUT2D eigenvalue weighted by Crippen LogP contribution is 2.55. The van der Waals surface area contributed by atoms with Gasteiger partial charge < -0.3 is 14.9 Å². The Hall–Kier alpha value is -1.94. The zero-order valence-corrected chi connectivity index (χ0v) is 27.6. The topological polar surface area (TPSA) is 75.5 Å². The molecule has 1 fully saturated rings. The number of hydrogen-bond acceptors (Lipinski definition) is 6. The quantitative estimate of drug-likeness (QED) is 0.127. The van der Waals surface area contributed by atoms with E-state index in [-0.39, 0.29) is 12.5 Å². The van der Waals surface area contributed by atoms with Crippen LogP contribution in [0.1, 0.15) is 37.8 Å². The van der Waals surface area contributed by atoms with Crippen molar-refractivity contribution in [3.05, 3.63) is 118 Å². The molecule has 5 rings (SSSR count). The number of halogens is 3. The van der Waals surface area contributed by atoms with Crippen LogP contribution < -0.4 is 4.74 Å². The molecule has 1 saturated carbocycles. The van der Waals surface area contributed by atoms with E-state index >= 15 is 0 Å². The van der Waals surface area contributed by atoms with Crippen molar-refractivity contribution in [1.82, 2.24) is 9.97 Å². The summed E-state index contributed by atoms with van der Waals surface area (Å²) in [4.78, 5) is 8.69. The van der Waals surface area contributed by atoms with Crippen LogP contribution in [-0.4, -0.2) is 37.4 Å². The molecular formula is C32H33Br2ClN2O3S. The van der Waals surface area contributed by atoms with Gasteiger partial charge in [0.15, 0.2) is 0 Å². The van der Waals surface area contributed by atoms with Gasteiger partial charge in [-0.05, 0) is 79.4 Å². The van der Waals surface area contributed by atoms with Gasteiger partial charge in [0.2, 0.25) is 0 Å². The highest BCUT2D eigenvalue weighted by Gasteiger charge is 2.59. The lowest BCUT2D eigenvalue weighted by atomic mass is 9.86. The Kier molecular flexibility index (Phi) is 10.9. The van der Waals surface area contributed by atoms with Gasteiger partial charge in [0.1, 0.15) is 23.6 Å². The number of benzene rings is 2. The summed E-state index contributed by atoms with van der Waals surface area (Å²) in [5.41, 5.74) is -0.545. The average Bonchev–Trinajstić information content (AvgIpc) is 3.76. The van der Waals surface area contributed by atoms with E-state index in [4.69, 9.17) is 16.3 Å². The van der Waals surface area contributed by atoms with Crippen LogP contribution in [0.2, 0.25) is 0 Å². The van der Waals surface area contributed by atoms with Crippen LogP contribution in [0, 0.1) is 5.92 Å². The first-order valence-corrected chi connectivity index (χ1v) is 16.2. The van der Waals surface area contributed by atoms with E-state index in [0.717, 1.165) is 32.2 Å². The fourth-order valence-corrected chi connectivity index (χ4v) is 6.25. The van der Waals surface area contributed by atoms with E-state index in [2.05, 4.69) is 54.0 Å². The molecular weight excluding hydrogens is 688 g/mol. The predicted octanol–water partition coefficient (Wildman–Crippen LogP) is 8.36. The number of rotatable bonds is 10. The van der Waals surface area contributed by atoms with Crippen LogP contribution in [0.15, 0.2) is 111 Å². The van der Waals surface area contributed by atoms with E-state index in [1.165, 1.54) is 0 Å². The molecule has 2 aromatic heterocycles. The molecule has 0 saturated heterocycles. The summed E-state index contributed by atoms with van der Waals surface area (Å²) in [5, 5.41) is 22.1. The Bertz CT molecular complexity index is 1380. The fourth-order valence-electron chi connectivity index (χ4n) is 4.25. The van der Waals surface area contributed by atoms with Gasteiger partial charge >= 0.3 is 0 Å². The highest BCUT2D eigenvalue weighted by atomic mass is 79.9. The predicted molar refractivity (Wildman–Crippen MR) is 173 cm³/mol. The molecule has 41 heavy (non-hydrogen) atoms. The van der Waals surface area contributed by atoms with Crippen molar-refractivity contribution in [2.45, 2.75) is 47.7 Å².